The summed E-state index contributed by atoms with van der Waals surface area (Å²) in [6.07, 6.45) is 6.95. The fourth-order valence-corrected chi connectivity index (χ4v) is 2.15. The van der Waals surface area contributed by atoms with Crippen molar-refractivity contribution in [1.82, 2.24) is 5.32 Å². The van der Waals surface area contributed by atoms with Crippen LogP contribution < -0.4 is 5.32 Å². The van der Waals surface area contributed by atoms with E-state index < -0.39 is 0 Å². The van der Waals surface area contributed by atoms with Crippen LogP contribution in [0.5, 0.6) is 0 Å². The molecule has 0 aromatic heterocycles. The van der Waals surface area contributed by atoms with Crippen molar-refractivity contribution in [3.63, 3.8) is 0 Å². The lowest BCUT2D eigenvalue weighted by Gasteiger charge is -2.20. The zero-order chi connectivity index (χ0) is 11.6. The molecule has 1 aliphatic rings. The minimum atomic E-state index is 0.0377. The van der Waals surface area contributed by atoms with Gasteiger partial charge < -0.3 is 15.2 Å². The summed E-state index contributed by atoms with van der Waals surface area (Å²) in [5, 5.41) is 11.3. The third-order valence-electron chi connectivity index (χ3n) is 3.00. The smallest absolute Gasteiger partial charge is 0.220 e. The molecule has 2 N–H and O–H groups in total. The van der Waals surface area contributed by atoms with Crippen LogP contribution in [0.2, 0.25) is 0 Å². The van der Waals surface area contributed by atoms with Gasteiger partial charge in [-0.15, -0.1) is 0 Å². The minimum Gasteiger partial charge on any atom is -0.394 e. The molecule has 0 aromatic carbocycles. The van der Waals surface area contributed by atoms with E-state index in [1.807, 2.05) is 0 Å². The summed E-state index contributed by atoms with van der Waals surface area (Å²) in [5.74, 6) is 0.728. The van der Waals surface area contributed by atoms with Gasteiger partial charge in [0.25, 0.3) is 0 Å². The first-order valence-corrected chi connectivity index (χ1v) is 6.28. The molecule has 0 saturated heterocycles. The van der Waals surface area contributed by atoms with Gasteiger partial charge in [-0.1, -0.05) is 19.3 Å². The van der Waals surface area contributed by atoms with Crippen molar-refractivity contribution in [2.45, 2.75) is 38.5 Å². The van der Waals surface area contributed by atoms with Gasteiger partial charge in [0.05, 0.1) is 19.8 Å². The van der Waals surface area contributed by atoms with E-state index in [1.165, 1.54) is 32.1 Å². The monoisotopic (exact) mass is 229 g/mol. The molecular weight excluding hydrogens is 206 g/mol. The highest BCUT2D eigenvalue weighted by Crippen LogP contribution is 2.25. The molecule has 0 atom stereocenters. The Morgan fingerprint density at radius 1 is 1.25 bits per heavy atom. The van der Waals surface area contributed by atoms with Gasteiger partial charge in [-0.05, 0) is 18.8 Å². The number of ether oxygens (including phenoxy) is 1. The van der Waals surface area contributed by atoms with Crippen LogP contribution in [-0.4, -0.2) is 37.4 Å². The summed E-state index contributed by atoms with van der Waals surface area (Å²) in [6, 6.07) is 0. The molecule has 4 nitrogen and oxygen atoms in total. The van der Waals surface area contributed by atoms with Crippen molar-refractivity contribution >= 4 is 5.91 Å². The average molecular weight is 229 g/mol. The lowest BCUT2D eigenvalue weighted by molar-refractivity contribution is -0.122. The van der Waals surface area contributed by atoms with Gasteiger partial charge in [0.2, 0.25) is 5.91 Å². The van der Waals surface area contributed by atoms with Crippen molar-refractivity contribution in [3.05, 3.63) is 0 Å². The Hall–Kier alpha value is -0.610. The lowest BCUT2D eigenvalue weighted by Crippen LogP contribution is -2.29. The summed E-state index contributed by atoms with van der Waals surface area (Å²) < 4.78 is 5.06. The number of amides is 1. The Labute approximate surface area is 97.4 Å². The quantitative estimate of drug-likeness (QED) is 0.642. The molecule has 1 rings (SSSR count). The number of rotatable bonds is 7. The molecule has 94 valence electrons. The zero-order valence-corrected chi connectivity index (χ0v) is 9.91. The Kier molecular flexibility index (Phi) is 7.17. The van der Waals surface area contributed by atoms with Crippen molar-refractivity contribution in [1.29, 1.82) is 0 Å². The maximum atomic E-state index is 11.5. The number of carbonyl (C=O) groups is 1. The predicted molar refractivity (Wildman–Crippen MR) is 62.1 cm³/mol. The first-order valence-electron chi connectivity index (χ1n) is 6.28. The van der Waals surface area contributed by atoms with Crippen LogP contribution in [0.4, 0.5) is 0 Å². The second kappa shape index (κ2) is 8.53. The Bertz CT molecular complexity index is 191. The van der Waals surface area contributed by atoms with Crippen molar-refractivity contribution < 1.29 is 14.6 Å². The van der Waals surface area contributed by atoms with Gasteiger partial charge in [0.15, 0.2) is 0 Å². The van der Waals surface area contributed by atoms with Crippen LogP contribution in [-0.2, 0) is 9.53 Å². The summed E-state index contributed by atoms with van der Waals surface area (Å²) in [6.45, 7) is 1.41. The van der Waals surface area contributed by atoms with Crippen LogP contribution in [0.15, 0.2) is 0 Å². The first-order chi connectivity index (χ1) is 7.83. The molecule has 1 amide bonds. The standard InChI is InChI=1S/C12H23NO3/c14-7-9-16-8-6-13-12(15)10-11-4-2-1-3-5-11/h11,14H,1-10H2,(H,13,15). The second-order valence-electron chi connectivity index (χ2n) is 4.39. The van der Waals surface area contributed by atoms with E-state index in [0.29, 0.717) is 32.1 Å². The van der Waals surface area contributed by atoms with Crippen LogP contribution >= 0.6 is 0 Å². The highest BCUT2D eigenvalue weighted by Gasteiger charge is 2.16. The molecule has 0 unspecified atom stereocenters. The number of aliphatic hydroxyl groups is 1. The number of carbonyl (C=O) groups excluding carboxylic acids is 1. The molecule has 0 bridgehead atoms. The molecule has 0 spiro atoms. The molecule has 1 aliphatic carbocycles. The minimum absolute atomic E-state index is 0.0377. The SMILES string of the molecule is O=C(CC1CCCCC1)NCCOCCO. The van der Waals surface area contributed by atoms with Crippen LogP contribution in [0.25, 0.3) is 0 Å². The van der Waals surface area contributed by atoms with E-state index in [4.69, 9.17) is 9.84 Å². The van der Waals surface area contributed by atoms with E-state index in [0.717, 1.165) is 0 Å². The lowest BCUT2D eigenvalue weighted by atomic mass is 9.87. The summed E-state index contributed by atoms with van der Waals surface area (Å²) >= 11 is 0. The van der Waals surface area contributed by atoms with Gasteiger partial charge in [-0.3, -0.25) is 4.79 Å². The second-order valence-corrected chi connectivity index (χ2v) is 4.39. The molecule has 1 saturated carbocycles. The molecule has 1 fully saturated rings. The highest BCUT2D eigenvalue weighted by molar-refractivity contribution is 5.76. The molecule has 16 heavy (non-hydrogen) atoms. The van der Waals surface area contributed by atoms with Crippen molar-refractivity contribution in [2.75, 3.05) is 26.4 Å². The molecule has 0 aromatic rings. The van der Waals surface area contributed by atoms with Crippen molar-refractivity contribution in [2.24, 2.45) is 5.92 Å². The molecule has 0 aliphatic heterocycles. The summed E-state index contributed by atoms with van der Waals surface area (Å²) in [5.41, 5.74) is 0. The zero-order valence-electron chi connectivity index (χ0n) is 9.91. The number of nitrogens with one attached hydrogen (secondary N) is 1. The van der Waals surface area contributed by atoms with E-state index in [-0.39, 0.29) is 12.5 Å². The maximum absolute atomic E-state index is 11.5. The Balaban J connectivity index is 1.97. The molecule has 0 radical (unpaired) electrons. The number of hydrogen-bond acceptors (Lipinski definition) is 3. The Morgan fingerprint density at radius 3 is 2.69 bits per heavy atom. The normalized spacial score (nSPS) is 17.3. The first kappa shape index (κ1) is 13.5. The maximum Gasteiger partial charge on any atom is 0.220 e. The van der Waals surface area contributed by atoms with E-state index >= 15 is 0 Å². The van der Waals surface area contributed by atoms with Crippen LogP contribution in [0.1, 0.15) is 38.5 Å². The predicted octanol–water partition coefficient (Wildman–Crippen LogP) is 1.08. The van der Waals surface area contributed by atoms with Crippen LogP contribution in [0.3, 0.4) is 0 Å². The van der Waals surface area contributed by atoms with E-state index in [1.54, 1.807) is 0 Å². The third kappa shape index (κ3) is 6.08. The van der Waals surface area contributed by atoms with Gasteiger partial charge in [-0.25, -0.2) is 0 Å². The highest BCUT2D eigenvalue weighted by atomic mass is 16.5. The third-order valence-corrected chi connectivity index (χ3v) is 3.00. The Morgan fingerprint density at radius 2 is 2.00 bits per heavy atom. The topological polar surface area (TPSA) is 58.6 Å². The fourth-order valence-electron chi connectivity index (χ4n) is 2.15. The molecule has 4 heteroatoms. The van der Waals surface area contributed by atoms with Crippen LogP contribution in [0, 0.1) is 5.92 Å². The molecule has 0 heterocycles. The fraction of sp³-hybridized carbons (Fsp3) is 0.917. The van der Waals surface area contributed by atoms with Gasteiger partial charge in [0, 0.05) is 13.0 Å². The average Bonchev–Trinajstić information content (AvgIpc) is 2.30. The van der Waals surface area contributed by atoms with Gasteiger partial charge in [-0.2, -0.15) is 0 Å². The number of hydrogen-bond donors (Lipinski definition) is 2. The molecular formula is C12H23NO3. The van der Waals surface area contributed by atoms with E-state index in [9.17, 15) is 4.79 Å². The van der Waals surface area contributed by atoms with Gasteiger partial charge >= 0.3 is 0 Å². The summed E-state index contributed by atoms with van der Waals surface area (Å²) in [4.78, 5) is 11.5. The summed E-state index contributed by atoms with van der Waals surface area (Å²) in [7, 11) is 0. The largest absolute Gasteiger partial charge is 0.394 e. The van der Waals surface area contributed by atoms with Crippen molar-refractivity contribution in [3.8, 4) is 0 Å². The number of aliphatic hydroxyl groups excluding tert-OH is 1. The van der Waals surface area contributed by atoms with E-state index in [2.05, 4.69) is 5.32 Å². The van der Waals surface area contributed by atoms with Gasteiger partial charge in [0.1, 0.15) is 0 Å².